The van der Waals surface area contributed by atoms with Crippen LogP contribution in [0, 0.1) is 11.3 Å². The zero-order valence-corrected chi connectivity index (χ0v) is 17.0. The van der Waals surface area contributed by atoms with Gasteiger partial charge in [0.15, 0.2) is 11.0 Å². The minimum atomic E-state index is 0.0612. The lowest BCUT2D eigenvalue weighted by Gasteiger charge is -2.31. The lowest BCUT2D eigenvalue weighted by Crippen LogP contribution is -2.46. The Morgan fingerprint density at radius 3 is 2.17 bits per heavy atom. The number of hydrogen-bond donors (Lipinski definition) is 0. The van der Waals surface area contributed by atoms with Gasteiger partial charge in [-0.05, 0) is 37.1 Å². The third-order valence-corrected chi connectivity index (χ3v) is 7.78. The van der Waals surface area contributed by atoms with E-state index in [1.54, 1.807) is 0 Å². The van der Waals surface area contributed by atoms with Gasteiger partial charge in [0.05, 0.1) is 0 Å². The van der Waals surface area contributed by atoms with Crippen LogP contribution in [0.5, 0.6) is 0 Å². The van der Waals surface area contributed by atoms with Crippen molar-refractivity contribution in [3.63, 3.8) is 0 Å². The van der Waals surface area contributed by atoms with Gasteiger partial charge in [0.1, 0.15) is 11.5 Å². The quantitative estimate of drug-likeness (QED) is 0.492. The first-order valence-corrected chi connectivity index (χ1v) is 11.0. The maximum Gasteiger partial charge on any atom is 0.192 e. The summed E-state index contributed by atoms with van der Waals surface area (Å²) in [7, 11) is 0.224. The van der Waals surface area contributed by atoms with Crippen LogP contribution >= 0.6 is 0 Å². The van der Waals surface area contributed by atoms with E-state index in [-0.39, 0.29) is 27.5 Å². The molecule has 132 valence electrons. The lowest BCUT2D eigenvalue weighted by molar-refractivity contribution is -0.122. The van der Waals surface area contributed by atoms with Crippen LogP contribution in [0.2, 0.25) is 0 Å². The Bertz CT molecular complexity index is 420. The van der Waals surface area contributed by atoms with E-state index in [1.807, 2.05) is 0 Å². The molecule has 0 saturated carbocycles. The van der Waals surface area contributed by atoms with Crippen molar-refractivity contribution in [1.82, 2.24) is 0 Å². The molecular weight excluding hydrogens is 300 g/mol. The first kappa shape index (κ1) is 20.5. The van der Waals surface area contributed by atoms with E-state index in [4.69, 9.17) is 0 Å². The van der Waals surface area contributed by atoms with E-state index in [2.05, 4.69) is 59.8 Å². The van der Waals surface area contributed by atoms with E-state index in [1.165, 1.54) is 42.8 Å². The van der Waals surface area contributed by atoms with Gasteiger partial charge < -0.3 is 0 Å². The van der Waals surface area contributed by atoms with E-state index in [9.17, 15) is 4.79 Å². The molecule has 0 aromatic rings. The van der Waals surface area contributed by atoms with Gasteiger partial charge in [-0.2, -0.15) is 0 Å². The Balaban J connectivity index is 2.96. The number of carbonyl (C=O) groups is 1. The van der Waals surface area contributed by atoms with Crippen LogP contribution in [0.1, 0.15) is 73.6 Å². The first-order valence-electron chi connectivity index (χ1n) is 9.36. The van der Waals surface area contributed by atoms with E-state index in [0.717, 1.165) is 6.42 Å². The summed E-state index contributed by atoms with van der Waals surface area (Å²) < 4.78 is 0. The Kier molecular flexibility index (Phi) is 8.68. The molecule has 1 nitrogen and oxygen atoms in total. The molecular formula is C21H37OS+. The fourth-order valence-corrected chi connectivity index (χ4v) is 6.72. The van der Waals surface area contributed by atoms with Gasteiger partial charge in [-0.25, -0.2) is 0 Å². The second-order valence-electron chi connectivity index (χ2n) is 7.95. The second kappa shape index (κ2) is 9.71. The zero-order chi connectivity index (χ0) is 17.5. The summed E-state index contributed by atoms with van der Waals surface area (Å²) in [6.07, 6.45) is 12.4. The molecule has 2 unspecified atom stereocenters. The molecule has 0 saturated heterocycles. The number of hydrogen-bond acceptors (Lipinski definition) is 1. The first-order chi connectivity index (χ1) is 10.8. The number of ketones is 1. The zero-order valence-electron chi connectivity index (χ0n) is 16.2. The second-order valence-corrected chi connectivity index (χ2v) is 10.3. The maximum absolute atomic E-state index is 13.3. The van der Waals surface area contributed by atoms with Crippen LogP contribution < -0.4 is 0 Å². The minimum absolute atomic E-state index is 0.0612. The molecule has 0 N–H and O–H groups in total. The summed E-state index contributed by atoms with van der Waals surface area (Å²) in [5.74, 6) is 3.06. The number of rotatable bonds is 9. The van der Waals surface area contributed by atoms with Gasteiger partial charge in [0.25, 0.3) is 0 Å². The van der Waals surface area contributed by atoms with E-state index in [0.29, 0.717) is 5.78 Å². The largest absolute Gasteiger partial charge is 0.293 e. The van der Waals surface area contributed by atoms with Gasteiger partial charge in [-0.3, -0.25) is 4.79 Å². The molecule has 0 radical (unpaired) electrons. The monoisotopic (exact) mass is 337 g/mol. The summed E-state index contributed by atoms with van der Waals surface area (Å²) >= 11 is 0. The van der Waals surface area contributed by atoms with Gasteiger partial charge in [-0.1, -0.05) is 71.3 Å². The van der Waals surface area contributed by atoms with Crippen molar-refractivity contribution in [2.45, 2.75) is 78.9 Å². The van der Waals surface area contributed by atoms with Crippen molar-refractivity contribution in [3.05, 3.63) is 23.8 Å². The third kappa shape index (κ3) is 6.49. The highest BCUT2D eigenvalue weighted by Crippen LogP contribution is 2.33. The average Bonchev–Trinajstić information content (AvgIpc) is 2.49. The van der Waals surface area contributed by atoms with Crippen molar-refractivity contribution in [1.29, 1.82) is 0 Å². The van der Waals surface area contributed by atoms with Crippen molar-refractivity contribution >= 4 is 16.7 Å². The smallest absolute Gasteiger partial charge is 0.192 e. The highest BCUT2D eigenvalue weighted by molar-refractivity contribution is 7.98. The van der Waals surface area contributed by atoms with E-state index >= 15 is 0 Å². The third-order valence-electron chi connectivity index (χ3n) is 4.55. The predicted molar refractivity (Wildman–Crippen MR) is 106 cm³/mol. The van der Waals surface area contributed by atoms with Crippen LogP contribution in [0.3, 0.4) is 0 Å². The molecule has 0 aromatic carbocycles. The summed E-state index contributed by atoms with van der Waals surface area (Å²) in [4.78, 5) is 13.3. The molecule has 0 heterocycles. The van der Waals surface area contributed by atoms with Gasteiger partial charge in [0, 0.05) is 11.3 Å². The molecule has 23 heavy (non-hydrogen) atoms. The topological polar surface area (TPSA) is 17.1 Å². The van der Waals surface area contributed by atoms with Crippen LogP contribution in [-0.4, -0.2) is 22.5 Å². The SMILES string of the molecule is CCCC[S+](CCCC)C(C(=O)C1C=CC(C)=CC1)C(C)(C)C. The molecule has 2 atom stereocenters. The molecule has 0 bridgehead atoms. The number of allylic oxidation sites excluding steroid dienone is 4. The standard InChI is InChI=1S/C21H37OS/c1-7-9-15-23(16-10-8-2)20(21(4,5)6)19(22)18-13-11-17(3)12-14-18/h11-13,18,20H,7-10,14-16H2,1-6H3/q+1. The van der Waals surface area contributed by atoms with Gasteiger partial charge >= 0.3 is 0 Å². The number of unbranched alkanes of at least 4 members (excludes halogenated alkanes) is 2. The van der Waals surface area contributed by atoms with Crippen LogP contribution in [-0.2, 0) is 15.7 Å². The van der Waals surface area contributed by atoms with Crippen molar-refractivity contribution in [2.24, 2.45) is 11.3 Å². The summed E-state index contributed by atoms with van der Waals surface area (Å²) in [5, 5.41) is 0.210. The summed E-state index contributed by atoms with van der Waals surface area (Å²) in [6, 6.07) is 0. The molecule has 0 amide bonds. The molecule has 0 spiro atoms. The van der Waals surface area contributed by atoms with Crippen LogP contribution in [0.4, 0.5) is 0 Å². The highest BCUT2D eigenvalue weighted by Gasteiger charge is 2.46. The van der Waals surface area contributed by atoms with E-state index < -0.39 is 0 Å². The van der Waals surface area contributed by atoms with Crippen LogP contribution in [0.25, 0.3) is 0 Å². The van der Waals surface area contributed by atoms with Gasteiger partial charge in [-0.15, -0.1) is 0 Å². The molecule has 0 aromatic heterocycles. The Hall–Kier alpha value is -0.500. The average molecular weight is 338 g/mol. The minimum Gasteiger partial charge on any atom is -0.293 e. The van der Waals surface area contributed by atoms with Crippen LogP contribution in [0.15, 0.2) is 23.8 Å². The molecule has 0 aliphatic heterocycles. The van der Waals surface area contributed by atoms with Gasteiger partial charge in [0.2, 0.25) is 0 Å². The Labute approximate surface area is 147 Å². The fraction of sp³-hybridized carbons (Fsp3) is 0.762. The normalized spacial score (nSPS) is 19.8. The molecule has 2 heteroatoms. The molecule has 1 aliphatic carbocycles. The van der Waals surface area contributed by atoms with Crippen molar-refractivity contribution in [2.75, 3.05) is 11.5 Å². The predicted octanol–water partition coefficient (Wildman–Crippen LogP) is 5.71. The molecule has 1 rings (SSSR count). The number of carbonyl (C=O) groups excluding carboxylic acids is 1. The summed E-state index contributed by atoms with van der Waals surface area (Å²) in [5.41, 5.74) is 1.35. The Morgan fingerprint density at radius 1 is 1.22 bits per heavy atom. The number of Topliss-reactive ketones (excluding diaryl/α,β-unsaturated/α-hetero) is 1. The summed E-state index contributed by atoms with van der Waals surface area (Å²) in [6.45, 7) is 13.4. The molecule has 0 fully saturated rings. The Morgan fingerprint density at radius 2 is 1.78 bits per heavy atom. The highest BCUT2D eigenvalue weighted by atomic mass is 32.2. The van der Waals surface area contributed by atoms with Crippen molar-refractivity contribution in [3.8, 4) is 0 Å². The maximum atomic E-state index is 13.3. The lowest BCUT2D eigenvalue weighted by atomic mass is 9.82. The fourth-order valence-electron chi connectivity index (χ4n) is 3.22. The van der Waals surface area contributed by atoms with Crippen molar-refractivity contribution < 1.29 is 4.79 Å². The molecule has 1 aliphatic rings.